The Morgan fingerprint density at radius 2 is 1.54 bits per heavy atom. The van der Waals surface area contributed by atoms with E-state index in [4.69, 9.17) is 9.47 Å². The molecule has 1 unspecified atom stereocenters. The fraction of sp³-hybridized carbons (Fsp3) is 0.444. The molecule has 3 amide bonds. The monoisotopic (exact) mass is 483 g/mol. The van der Waals surface area contributed by atoms with Crippen LogP contribution >= 0.6 is 0 Å². The van der Waals surface area contributed by atoms with E-state index >= 15 is 0 Å². The summed E-state index contributed by atoms with van der Waals surface area (Å²) in [5.74, 6) is -0.121. The smallest absolute Gasteiger partial charge is 0.408 e. The van der Waals surface area contributed by atoms with Crippen LogP contribution in [0, 0.1) is 6.92 Å². The summed E-state index contributed by atoms with van der Waals surface area (Å²) in [6.07, 6.45) is -0.699. The van der Waals surface area contributed by atoms with Crippen molar-refractivity contribution in [2.24, 2.45) is 0 Å². The first-order chi connectivity index (χ1) is 16.2. The molecule has 0 aromatic heterocycles. The molecule has 0 radical (unpaired) electrons. The molecule has 2 aromatic rings. The van der Waals surface area contributed by atoms with Crippen LogP contribution in [0.4, 0.5) is 10.5 Å². The summed E-state index contributed by atoms with van der Waals surface area (Å²) in [6, 6.07) is 13.5. The molecule has 2 N–H and O–H groups in total. The van der Waals surface area contributed by atoms with Crippen molar-refractivity contribution in [3.05, 3.63) is 59.7 Å². The van der Waals surface area contributed by atoms with Crippen molar-refractivity contribution in [3.8, 4) is 5.75 Å². The molecule has 8 heteroatoms. The Morgan fingerprint density at radius 3 is 2.06 bits per heavy atom. The minimum atomic E-state index is -0.939. The molecule has 0 spiro atoms. The number of amides is 3. The zero-order valence-corrected chi connectivity index (χ0v) is 21.9. The average Bonchev–Trinajstić information content (AvgIpc) is 2.75. The molecule has 0 saturated carbocycles. The van der Waals surface area contributed by atoms with Gasteiger partial charge in [0.05, 0.1) is 7.11 Å². The van der Waals surface area contributed by atoms with E-state index in [1.54, 1.807) is 52.1 Å². The summed E-state index contributed by atoms with van der Waals surface area (Å²) >= 11 is 0. The average molecular weight is 484 g/mol. The number of nitrogens with one attached hydrogen (secondary N) is 2. The van der Waals surface area contributed by atoms with Crippen molar-refractivity contribution < 1.29 is 23.9 Å². The second-order valence-corrected chi connectivity index (χ2v) is 10.3. The number of rotatable bonds is 7. The summed E-state index contributed by atoms with van der Waals surface area (Å²) in [4.78, 5) is 40.8. The number of nitrogens with zero attached hydrogens (tertiary/aromatic N) is 1. The van der Waals surface area contributed by atoms with E-state index in [0.29, 0.717) is 17.0 Å². The number of carbonyl (C=O) groups excluding carboxylic acids is 3. The number of carbonyl (C=O) groups is 3. The van der Waals surface area contributed by atoms with Crippen LogP contribution in [0.5, 0.6) is 5.75 Å². The second-order valence-electron chi connectivity index (χ2n) is 10.3. The van der Waals surface area contributed by atoms with Crippen LogP contribution in [0.1, 0.15) is 58.7 Å². The molecule has 0 saturated heterocycles. The lowest BCUT2D eigenvalue weighted by Gasteiger charge is -2.41. The number of hydrogen-bond donors (Lipinski definition) is 2. The standard InChI is InChI=1S/C27H37N3O5/c1-18-11-9-10-12-21(18)23(24(32)29-19-13-15-20(34-8)16-14-19)30(26(2,3)4)22(31)17-28-25(33)35-27(5,6)7/h9-16,23H,17H2,1-8H3,(H,28,33)(H,29,32). The van der Waals surface area contributed by atoms with Gasteiger partial charge in [-0.3, -0.25) is 9.59 Å². The lowest BCUT2D eigenvalue weighted by molar-refractivity contribution is -0.144. The van der Waals surface area contributed by atoms with Crippen LogP contribution in [-0.4, -0.2) is 47.6 Å². The molecule has 190 valence electrons. The number of methoxy groups -OCH3 is 1. The Morgan fingerprint density at radius 1 is 0.943 bits per heavy atom. The van der Waals surface area contributed by atoms with Crippen molar-refractivity contribution in [3.63, 3.8) is 0 Å². The molecule has 2 aromatic carbocycles. The fourth-order valence-corrected chi connectivity index (χ4v) is 3.63. The summed E-state index contributed by atoms with van der Waals surface area (Å²) in [6.45, 7) is 12.4. The van der Waals surface area contributed by atoms with Gasteiger partial charge in [-0.2, -0.15) is 0 Å². The number of anilines is 1. The maximum Gasteiger partial charge on any atom is 0.408 e. The topological polar surface area (TPSA) is 97.0 Å². The molecule has 1 atom stereocenters. The van der Waals surface area contributed by atoms with Gasteiger partial charge in [-0.15, -0.1) is 0 Å². The molecule has 0 bridgehead atoms. The van der Waals surface area contributed by atoms with E-state index in [1.807, 2.05) is 52.0 Å². The highest BCUT2D eigenvalue weighted by Gasteiger charge is 2.39. The Kier molecular flexibility index (Phi) is 8.90. The summed E-state index contributed by atoms with van der Waals surface area (Å²) in [7, 11) is 1.57. The molecule has 0 aliphatic heterocycles. The quantitative estimate of drug-likeness (QED) is 0.588. The van der Waals surface area contributed by atoms with Gasteiger partial charge in [-0.05, 0) is 83.9 Å². The largest absolute Gasteiger partial charge is 0.497 e. The SMILES string of the molecule is COc1ccc(NC(=O)C(c2ccccc2C)N(C(=O)CNC(=O)OC(C)(C)C)C(C)(C)C)cc1. The van der Waals surface area contributed by atoms with Crippen LogP contribution in [0.3, 0.4) is 0 Å². The van der Waals surface area contributed by atoms with Gasteiger partial charge in [0.1, 0.15) is 23.9 Å². The molecule has 0 heterocycles. The molecule has 0 aliphatic carbocycles. The lowest BCUT2D eigenvalue weighted by Crippen LogP contribution is -2.54. The van der Waals surface area contributed by atoms with E-state index < -0.39 is 29.2 Å². The highest BCUT2D eigenvalue weighted by atomic mass is 16.6. The van der Waals surface area contributed by atoms with Crippen molar-refractivity contribution in [1.82, 2.24) is 10.2 Å². The first-order valence-electron chi connectivity index (χ1n) is 11.5. The number of benzene rings is 2. The predicted octanol–water partition coefficient (Wildman–Crippen LogP) is 4.84. The van der Waals surface area contributed by atoms with E-state index in [9.17, 15) is 14.4 Å². The van der Waals surface area contributed by atoms with Gasteiger partial charge in [0.2, 0.25) is 5.91 Å². The maximum atomic E-state index is 13.7. The zero-order valence-electron chi connectivity index (χ0n) is 21.9. The minimum absolute atomic E-state index is 0.315. The Hall–Kier alpha value is -3.55. The van der Waals surface area contributed by atoms with E-state index in [0.717, 1.165) is 5.56 Å². The maximum absolute atomic E-state index is 13.7. The Balaban J connectivity index is 2.41. The number of alkyl carbamates (subject to hydrolysis) is 1. The first kappa shape index (κ1) is 27.7. The lowest BCUT2D eigenvalue weighted by atomic mass is 9.94. The summed E-state index contributed by atoms with van der Waals surface area (Å²) < 4.78 is 10.4. The molecule has 2 rings (SSSR count). The van der Waals surface area contributed by atoms with Crippen LogP contribution in [0.2, 0.25) is 0 Å². The number of hydrogen-bond acceptors (Lipinski definition) is 5. The molecule has 8 nitrogen and oxygen atoms in total. The fourth-order valence-electron chi connectivity index (χ4n) is 3.63. The van der Waals surface area contributed by atoms with Gasteiger partial charge in [0, 0.05) is 11.2 Å². The molecular weight excluding hydrogens is 446 g/mol. The van der Waals surface area contributed by atoms with Crippen molar-refractivity contribution in [2.75, 3.05) is 19.0 Å². The predicted molar refractivity (Wildman–Crippen MR) is 136 cm³/mol. The first-order valence-corrected chi connectivity index (χ1v) is 11.5. The van der Waals surface area contributed by atoms with Gasteiger partial charge in [0.15, 0.2) is 0 Å². The van der Waals surface area contributed by atoms with Gasteiger partial charge in [0.25, 0.3) is 5.91 Å². The van der Waals surface area contributed by atoms with Gasteiger partial charge in [-0.25, -0.2) is 4.79 Å². The third-order valence-corrected chi connectivity index (χ3v) is 5.12. The van der Waals surface area contributed by atoms with Crippen LogP contribution in [-0.2, 0) is 14.3 Å². The van der Waals surface area contributed by atoms with Gasteiger partial charge in [-0.1, -0.05) is 24.3 Å². The summed E-state index contributed by atoms with van der Waals surface area (Å²) in [5.41, 5.74) is 0.696. The zero-order chi connectivity index (χ0) is 26.4. The number of ether oxygens (including phenoxy) is 2. The normalized spacial score (nSPS) is 12.3. The van der Waals surface area contributed by atoms with Crippen molar-refractivity contribution in [2.45, 2.75) is 65.6 Å². The van der Waals surface area contributed by atoms with E-state index in [1.165, 1.54) is 4.90 Å². The second kappa shape index (κ2) is 11.3. The van der Waals surface area contributed by atoms with Gasteiger partial charge >= 0.3 is 6.09 Å². The van der Waals surface area contributed by atoms with Crippen LogP contribution in [0.25, 0.3) is 0 Å². The van der Waals surface area contributed by atoms with Crippen molar-refractivity contribution >= 4 is 23.6 Å². The Labute approximate surface area is 208 Å². The van der Waals surface area contributed by atoms with Gasteiger partial charge < -0.3 is 25.0 Å². The van der Waals surface area contributed by atoms with Crippen LogP contribution in [0.15, 0.2) is 48.5 Å². The highest BCUT2D eigenvalue weighted by Crippen LogP contribution is 2.32. The van der Waals surface area contributed by atoms with Crippen molar-refractivity contribution in [1.29, 1.82) is 0 Å². The molecular formula is C27H37N3O5. The molecule has 35 heavy (non-hydrogen) atoms. The molecule has 0 fully saturated rings. The van der Waals surface area contributed by atoms with E-state index in [2.05, 4.69) is 10.6 Å². The Bertz CT molecular complexity index is 1040. The minimum Gasteiger partial charge on any atom is -0.497 e. The third-order valence-electron chi connectivity index (χ3n) is 5.12. The van der Waals surface area contributed by atoms with E-state index in [-0.39, 0.29) is 12.5 Å². The molecule has 0 aliphatic rings. The van der Waals surface area contributed by atoms with Crippen LogP contribution < -0.4 is 15.4 Å². The summed E-state index contributed by atoms with van der Waals surface area (Å²) in [5, 5.41) is 5.44. The third kappa shape index (κ3) is 8.02. The number of aryl methyl sites for hydroxylation is 1. The highest BCUT2D eigenvalue weighted by molar-refractivity contribution is 5.98.